The average Bonchev–Trinajstić information content (AvgIpc) is 2.65. The summed E-state index contributed by atoms with van der Waals surface area (Å²) in [6.45, 7) is 3.23. The number of nitrogens with zero attached hydrogens (tertiary/aromatic N) is 2. The predicted octanol–water partition coefficient (Wildman–Crippen LogP) is 1.47. The Balaban J connectivity index is 2.32. The summed E-state index contributed by atoms with van der Waals surface area (Å²) in [4.78, 5) is 12.3. The first-order valence-electron chi connectivity index (χ1n) is 5.26. The molecule has 0 amide bonds. The second-order valence-corrected chi connectivity index (χ2v) is 4.12. The van der Waals surface area contributed by atoms with Crippen LogP contribution in [0.25, 0.3) is 0 Å². The number of nitro groups is 1. The second-order valence-electron chi connectivity index (χ2n) is 4.12. The Bertz CT molecular complexity index is 420. The van der Waals surface area contributed by atoms with Crippen LogP contribution in [0.1, 0.15) is 12.0 Å². The van der Waals surface area contributed by atoms with Crippen molar-refractivity contribution in [2.75, 3.05) is 18.0 Å². The van der Waals surface area contributed by atoms with Crippen molar-refractivity contribution in [3.05, 3.63) is 33.9 Å². The quantitative estimate of drug-likeness (QED) is 0.608. The van der Waals surface area contributed by atoms with Crippen LogP contribution in [0.15, 0.2) is 18.2 Å². The smallest absolute Gasteiger partial charge is 0.271 e. The number of nitro benzene ring substituents is 1. The Morgan fingerprint density at radius 3 is 2.88 bits per heavy atom. The predicted molar refractivity (Wildman–Crippen MR) is 60.7 cm³/mol. The van der Waals surface area contributed by atoms with Gasteiger partial charge in [0.15, 0.2) is 0 Å². The molecule has 0 aliphatic carbocycles. The highest BCUT2D eigenvalue weighted by molar-refractivity contribution is 5.59. The Labute approximate surface area is 93.5 Å². The van der Waals surface area contributed by atoms with E-state index in [4.69, 9.17) is 0 Å². The van der Waals surface area contributed by atoms with Crippen LogP contribution in [0.4, 0.5) is 11.4 Å². The van der Waals surface area contributed by atoms with Gasteiger partial charge < -0.3 is 10.0 Å². The number of aryl methyl sites for hydroxylation is 1. The Morgan fingerprint density at radius 2 is 2.31 bits per heavy atom. The molecule has 0 unspecified atom stereocenters. The molecule has 86 valence electrons. The van der Waals surface area contributed by atoms with Crippen molar-refractivity contribution in [3.63, 3.8) is 0 Å². The monoisotopic (exact) mass is 222 g/mol. The van der Waals surface area contributed by atoms with E-state index in [0.29, 0.717) is 6.54 Å². The molecule has 1 fully saturated rings. The van der Waals surface area contributed by atoms with Gasteiger partial charge in [-0.1, -0.05) is 6.07 Å². The van der Waals surface area contributed by atoms with Gasteiger partial charge in [-0.25, -0.2) is 0 Å². The fourth-order valence-corrected chi connectivity index (χ4v) is 2.01. The Hall–Kier alpha value is -1.62. The van der Waals surface area contributed by atoms with E-state index in [1.54, 1.807) is 12.1 Å². The first-order valence-corrected chi connectivity index (χ1v) is 5.26. The van der Waals surface area contributed by atoms with Crippen LogP contribution in [0.2, 0.25) is 0 Å². The minimum Gasteiger partial charge on any atom is -0.391 e. The minimum absolute atomic E-state index is 0.0991. The summed E-state index contributed by atoms with van der Waals surface area (Å²) in [5, 5.41) is 20.1. The SMILES string of the molecule is Cc1ccc([N+](=O)[O-])cc1N1CC[C@H](O)C1. The Kier molecular flexibility index (Phi) is 2.78. The lowest BCUT2D eigenvalue weighted by Crippen LogP contribution is -2.22. The van der Waals surface area contributed by atoms with E-state index >= 15 is 0 Å². The standard InChI is InChI=1S/C11H14N2O3/c1-8-2-3-9(13(15)16)6-11(8)12-5-4-10(14)7-12/h2-3,6,10,14H,4-5,7H2,1H3/t10-/m0/s1. The Morgan fingerprint density at radius 1 is 1.56 bits per heavy atom. The maximum absolute atomic E-state index is 10.7. The molecule has 1 aliphatic rings. The molecule has 5 nitrogen and oxygen atoms in total. The van der Waals surface area contributed by atoms with Crippen LogP contribution in [-0.4, -0.2) is 29.2 Å². The summed E-state index contributed by atoms with van der Waals surface area (Å²) in [6, 6.07) is 4.83. The molecule has 0 radical (unpaired) electrons. The molecule has 0 spiro atoms. The van der Waals surface area contributed by atoms with E-state index in [2.05, 4.69) is 0 Å². The zero-order valence-corrected chi connectivity index (χ0v) is 9.09. The summed E-state index contributed by atoms with van der Waals surface area (Å²) in [5.41, 5.74) is 1.95. The molecule has 0 aromatic heterocycles. The third kappa shape index (κ3) is 1.99. The molecular weight excluding hydrogens is 208 g/mol. The van der Waals surface area contributed by atoms with E-state index in [0.717, 1.165) is 24.2 Å². The zero-order valence-electron chi connectivity index (χ0n) is 9.09. The van der Waals surface area contributed by atoms with E-state index in [-0.39, 0.29) is 11.8 Å². The van der Waals surface area contributed by atoms with Gasteiger partial charge in [0.2, 0.25) is 0 Å². The molecule has 16 heavy (non-hydrogen) atoms. The van der Waals surface area contributed by atoms with E-state index < -0.39 is 4.92 Å². The van der Waals surface area contributed by atoms with Crippen LogP contribution in [0.5, 0.6) is 0 Å². The van der Waals surface area contributed by atoms with Crippen molar-refractivity contribution in [3.8, 4) is 0 Å². The molecule has 1 saturated heterocycles. The number of rotatable bonds is 2. The summed E-state index contributed by atoms with van der Waals surface area (Å²) < 4.78 is 0. The molecule has 2 rings (SSSR count). The van der Waals surface area contributed by atoms with Crippen molar-refractivity contribution in [2.24, 2.45) is 0 Å². The van der Waals surface area contributed by atoms with Crippen LogP contribution in [0.3, 0.4) is 0 Å². The number of β-amino-alcohol motifs (C(OH)–C–C–N with tert-alkyl or cyclic N) is 1. The van der Waals surface area contributed by atoms with Gasteiger partial charge in [-0.05, 0) is 18.9 Å². The number of benzene rings is 1. The van der Waals surface area contributed by atoms with E-state index in [9.17, 15) is 15.2 Å². The molecule has 1 aromatic carbocycles. The van der Waals surface area contributed by atoms with Crippen LogP contribution in [0, 0.1) is 17.0 Å². The van der Waals surface area contributed by atoms with Gasteiger partial charge in [-0.15, -0.1) is 0 Å². The lowest BCUT2D eigenvalue weighted by molar-refractivity contribution is -0.384. The maximum Gasteiger partial charge on any atom is 0.271 e. The summed E-state index contributed by atoms with van der Waals surface area (Å²) >= 11 is 0. The van der Waals surface area contributed by atoms with Gasteiger partial charge in [0, 0.05) is 30.9 Å². The number of hydrogen-bond donors (Lipinski definition) is 1. The van der Waals surface area contributed by atoms with Gasteiger partial charge in [-0.2, -0.15) is 0 Å². The fraction of sp³-hybridized carbons (Fsp3) is 0.455. The topological polar surface area (TPSA) is 66.6 Å². The van der Waals surface area contributed by atoms with Gasteiger partial charge in [-0.3, -0.25) is 10.1 Å². The van der Waals surface area contributed by atoms with Crippen LogP contribution >= 0.6 is 0 Å². The fourth-order valence-electron chi connectivity index (χ4n) is 2.01. The summed E-state index contributed by atoms with van der Waals surface area (Å²) in [7, 11) is 0. The van der Waals surface area contributed by atoms with Gasteiger partial charge >= 0.3 is 0 Å². The molecule has 1 N–H and O–H groups in total. The van der Waals surface area contributed by atoms with Gasteiger partial charge in [0.25, 0.3) is 5.69 Å². The zero-order chi connectivity index (χ0) is 11.7. The van der Waals surface area contributed by atoms with Gasteiger partial charge in [0.05, 0.1) is 11.0 Å². The van der Waals surface area contributed by atoms with Crippen LogP contribution in [-0.2, 0) is 0 Å². The third-order valence-electron chi connectivity index (χ3n) is 2.91. The molecule has 0 saturated carbocycles. The first kappa shape index (κ1) is 10.9. The molecule has 5 heteroatoms. The third-order valence-corrected chi connectivity index (χ3v) is 2.91. The number of hydrogen-bond acceptors (Lipinski definition) is 4. The lowest BCUT2D eigenvalue weighted by atomic mass is 10.1. The van der Waals surface area contributed by atoms with Gasteiger partial charge in [0.1, 0.15) is 0 Å². The number of non-ortho nitro benzene ring substituents is 1. The number of aliphatic hydroxyl groups is 1. The molecular formula is C11H14N2O3. The highest BCUT2D eigenvalue weighted by atomic mass is 16.6. The van der Waals surface area contributed by atoms with Crippen molar-refractivity contribution >= 4 is 11.4 Å². The first-order chi connectivity index (χ1) is 7.58. The van der Waals surface area contributed by atoms with Crippen LogP contribution < -0.4 is 4.90 Å². The van der Waals surface area contributed by atoms with Crippen molar-refractivity contribution in [2.45, 2.75) is 19.4 Å². The molecule has 1 aliphatic heterocycles. The molecule has 1 atom stereocenters. The largest absolute Gasteiger partial charge is 0.391 e. The molecule has 0 bridgehead atoms. The summed E-state index contributed by atoms with van der Waals surface area (Å²) in [5.74, 6) is 0. The highest BCUT2D eigenvalue weighted by Crippen LogP contribution is 2.28. The van der Waals surface area contributed by atoms with E-state index in [1.807, 2.05) is 11.8 Å². The van der Waals surface area contributed by atoms with Crippen molar-refractivity contribution < 1.29 is 10.0 Å². The highest BCUT2D eigenvalue weighted by Gasteiger charge is 2.22. The molecule has 1 heterocycles. The second kappa shape index (κ2) is 4.09. The average molecular weight is 222 g/mol. The number of anilines is 1. The number of aliphatic hydroxyl groups excluding tert-OH is 1. The van der Waals surface area contributed by atoms with Crippen molar-refractivity contribution in [1.82, 2.24) is 0 Å². The summed E-state index contributed by atoms with van der Waals surface area (Å²) in [6.07, 6.45) is 0.404. The normalized spacial score (nSPS) is 20.1. The van der Waals surface area contributed by atoms with E-state index in [1.165, 1.54) is 6.07 Å². The maximum atomic E-state index is 10.7. The lowest BCUT2D eigenvalue weighted by Gasteiger charge is -2.19. The molecule has 1 aromatic rings. The van der Waals surface area contributed by atoms with Crippen molar-refractivity contribution in [1.29, 1.82) is 0 Å². The minimum atomic E-state index is -0.393.